The number of esters is 1. The molecule has 126 valence electrons. The molecule has 0 amide bonds. The SMILES string of the molecule is CCCCCC=CC(=CC=CC(=O)OC)CCCCCCC. The Morgan fingerprint density at radius 1 is 0.909 bits per heavy atom. The minimum absolute atomic E-state index is 0.300. The highest BCUT2D eigenvalue weighted by molar-refractivity contribution is 5.82. The Hall–Kier alpha value is -1.31. The zero-order valence-electron chi connectivity index (χ0n) is 14.8. The Balaban J connectivity index is 4.32. The first-order chi connectivity index (χ1) is 10.7. The predicted octanol–water partition coefficient (Wildman–Crippen LogP) is 6.14. The second-order valence-electron chi connectivity index (χ2n) is 5.69. The molecule has 0 fully saturated rings. The highest BCUT2D eigenvalue weighted by Crippen LogP contribution is 2.13. The van der Waals surface area contributed by atoms with Crippen LogP contribution in [0.1, 0.15) is 78.1 Å². The fraction of sp³-hybridized carbons (Fsp3) is 0.650. The summed E-state index contributed by atoms with van der Waals surface area (Å²) in [4.78, 5) is 11.1. The van der Waals surface area contributed by atoms with Crippen molar-refractivity contribution in [3.63, 3.8) is 0 Å². The molecule has 0 rings (SSSR count). The summed E-state index contributed by atoms with van der Waals surface area (Å²) in [6.07, 6.45) is 22.3. The van der Waals surface area contributed by atoms with E-state index in [0.717, 1.165) is 12.8 Å². The van der Waals surface area contributed by atoms with Crippen LogP contribution < -0.4 is 0 Å². The molecule has 0 saturated heterocycles. The average Bonchev–Trinajstić information content (AvgIpc) is 2.53. The van der Waals surface area contributed by atoms with Gasteiger partial charge < -0.3 is 4.74 Å². The van der Waals surface area contributed by atoms with Gasteiger partial charge in [0.2, 0.25) is 0 Å². The van der Waals surface area contributed by atoms with Gasteiger partial charge in [-0.2, -0.15) is 0 Å². The molecule has 0 atom stereocenters. The number of hydrogen-bond acceptors (Lipinski definition) is 2. The number of ether oxygens (including phenoxy) is 1. The first kappa shape index (κ1) is 20.7. The number of hydrogen-bond donors (Lipinski definition) is 0. The smallest absolute Gasteiger partial charge is 0.330 e. The molecule has 2 heteroatoms. The van der Waals surface area contributed by atoms with E-state index in [2.05, 4.69) is 30.7 Å². The minimum atomic E-state index is -0.300. The van der Waals surface area contributed by atoms with Gasteiger partial charge in [-0.05, 0) is 31.3 Å². The van der Waals surface area contributed by atoms with Crippen LogP contribution in [0.25, 0.3) is 0 Å². The Bertz CT molecular complexity index is 351. The van der Waals surface area contributed by atoms with E-state index in [1.165, 1.54) is 70.1 Å². The van der Waals surface area contributed by atoms with Crippen molar-refractivity contribution in [3.8, 4) is 0 Å². The Labute approximate surface area is 137 Å². The van der Waals surface area contributed by atoms with Gasteiger partial charge in [0, 0.05) is 6.08 Å². The first-order valence-corrected chi connectivity index (χ1v) is 8.86. The Morgan fingerprint density at radius 2 is 1.59 bits per heavy atom. The van der Waals surface area contributed by atoms with Crippen molar-refractivity contribution in [2.24, 2.45) is 0 Å². The maximum atomic E-state index is 11.1. The van der Waals surface area contributed by atoms with E-state index in [1.54, 1.807) is 6.08 Å². The van der Waals surface area contributed by atoms with Gasteiger partial charge in [-0.25, -0.2) is 4.79 Å². The standard InChI is InChI=1S/C20H34O2/c1-4-6-8-10-12-15-19(16-13-11-9-7-5-2)17-14-18-20(21)22-3/h12,14-15,17-18H,4-11,13,16H2,1-3H3. The number of unbranched alkanes of at least 4 members (excludes halogenated alkanes) is 7. The van der Waals surface area contributed by atoms with Crippen molar-refractivity contribution in [1.82, 2.24) is 0 Å². The molecule has 0 aliphatic heterocycles. The second kappa shape index (κ2) is 16.1. The number of allylic oxidation sites excluding steroid dienone is 5. The molecule has 0 aromatic carbocycles. The summed E-state index contributed by atoms with van der Waals surface area (Å²) >= 11 is 0. The van der Waals surface area contributed by atoms with E-state index in [-0.39, 0.29) is 5.97 Å². The summed E-state index contributed by atoms with van der Waals surface area (Å²) in [5.74, 6) is -0.300. The third-order valence-electron chi connectivity index (χ3n) is 3.62. The number of rotatable bonds is 13. The molecule has 0 N–H and O–H groups in total. The zero-order valence-corrected chi connectivity index (χ0v) is 14.8. The fourth-order valence-corrected chi connectivity index (χ4v) is 2.22. The van der Waals surface area contributed by atoms with Crippen molar-refractivity contribution in [3.05, 3.63) is 36.0 Å². The van der Waals surface area contributed by atoms with Gasteiger partial charge in [0.05, 0.1) is 7.11 Å². The lowest BCUT2D eigenvalue weighted by molar-refractivity contribution is -0.134. The van der Waals surface area contributed by atoms with Crippen LogP contribution in [-0.4, -0.2) is 13.1 Å². The monoisotopic (exact) mass is 306 g/mol. The molecule has 0 unspecified atom stereocenters. The largest absolute Gasteiger partial charge is 0.466 e. The lowest BCUT2D eigenvalue weighted by atomic mass is 10.0. The van der Waals surface area contributed by atoms with Gasteiger partial charge in [-0.15, -0.1) is 0 Å². The molecule has 0 aromatic heterocycles. The van der Waals surface area contributed by atoms with E-state index < -0.39 is 0 Å². The summed E-state index contributed by atoms with van der Waals surface area (Å²) in [7, 11) is 1.40. The number of carbonyl (C=O) groups excluding carboxylic acids is 1. The van der Waals surface area contributed by atoms with Crippen LogP contribution in [-0.2, 0) is 9.53 Å². The Kier molecular flexibility index (Phi) is 15.1. The second-order valence-corrected chi connectivity index (χ2v) is 5.69. The Morgan fingerprint density at radius 3 is 2.27 bits per heavy atom. The van der Waals surface area contributed by atoms with Gasteiger partial charge >= 0.3 is 5.97 Å². The maximum absolute atomic E-state index is 11.1. The van der Waals surface area contributed by atoms with E-state index in [9.17, 15) is 4.79 Å². The lowest BCUT2D eigenvalue weighted by Gasteiger charge is -2.02. The van der Waals surface area contributed by atoms with Crippen LogP contribution in [0.4, 0.5) is 0 Å². The van der Waals surface area contributed by atoms with Gasteiger partial charge in [0.15, 0.2) is 0 Å². The topological polar surface area (TPSA) is 26.3 Å². The molecule has 2 nitrogen and oxygen atoms in total. The van der Waals surface area contributed by atoms with E-state index in [4.69, 9.17) is 0 Å². The molecular weight excluding hydrogens is 272 g/mol. The number of methoxy groups -OCH3 is 1. The van der Waals surface area contributed by atoms with Crippen LogP contribution in [0, 0.1) is 0 Å². The molecule has 0 radical (unpaired) electrons. The fourth-order valence-electron chi connectivity index (χ4n) is 2.22. The molecule has 0 bridgehead atoms. The molecule has 0 aliphatic rings. The quantitative estimate of drug-likeness (QED) is 0.177. The zero-order chi connectivity index (χ0) is 16.5. The van der Waals surface area contributed by atoms with Crippen molar-refractivity contribution < 1.29 is 9.53 Å². The van der Waals surface area contributed by atoms with Crippen LogP contribution in [0.3, 0.4) is 0 Å². The summed E-state index contributed by atoms with van der Waals surface area (Å²) in [6.45, 7) is 4.46. The minimum Gasteiger partial charge on any atom is -0.466 e. The molecule has 0 spiro atoms. The van der Waals surface area contributed by atoms with Gasteiger partial charge in [-0.1, -0.05) is 76.7 Å². The summed E-state index contributed by atoms with van der Waals surface area (Å²) in [5, 5.41) is 0. The van der Waals surface area contributed by atoms with E-state index in [0.29, 0.717) is 0 Å². The third-order valence-corrected chi connectivity index (χ3v) is 3.62. The summed E-state index contributed by atoms with van der Waals surface area (Å²) in [6, 6.07) is 0. The van der Waals surface area contributed by atoms with Gasteiger partial charge in [0.25, 0.3) is 0 Å². The van der Waals surface area contributed by atoms with Crippen molar-refractivity contribution in [2.45, 2.75) is 78.1 Å². The molecular formula is C20H34O2. The first-order valence-electron chi connectivity index (χ1n) is 8.86. The maximum Gasteiger partial charge on any atom is 0.330 e. The van der Waals surface area contributed by atoms with Crippen LogP contribution in [0.5, 0.6) is 0 Å². The van der Waals surface area contributed by atoms with Crippen LogP contribution >= 0.6 is 0 Å². The van der Waals surface area contributed by atoms with Crippen molar-refractivity contribution in [2.75, 3.05) is 7.11 Å². The molecule has 0 heterocycles. The van der Waals surface area contributed by atoms with E-state index >= 15 is 0 Å². The highest BCUT2D eigenvalue weighted by Gasteiger charge is 1.95. The van der Waals surface area contributed by atoms with Crippen molar-refractivity contribution >= 4 is 5.97 Å². The molecule has 0 aromatic rings. The molecule has 0 aliphatic carbocycles. The normalized spacial score (nSPS) is 12.4. The molecule has 22 heavy (non-hydrogen) atoms. The highest BCUT2D eigenvalue weighted by atomic mass is 16.5. The van der Waals surface area contributed by atoms with Crippen molar-refractivity contribution in [1.29, 1.82) is 0 Å². The number of carbonyl (C=O) groups is 1. The van der Waals surface area contributed by atoms with Crippen LogP contribution in [0.15, 0.2) is 36.0 Å². The van der Waals surface area contributed by atoms with Gasteiger partial charge in [0.1, 0.15) is 0 Å². The van der Waals surface area contributed by atoms with E-state index in [1.807, 2.05) is 6.08 Å². The van der Waals surface area contributed by atoms with Gasteiger partial charge in [-0.3, -0.25) is 0 Å². The average molecular weight is 306 g/mol. The summed E-state index contributed by atoms with van der Waals surface area (Å²) in [5.41, 5.74) is 1.30. The van der Waals surface area contributed by atoms with Crippen LogP contribution in [0.2, 0.25) is 0 Å². The lowest BCUT2D eigenvalue weighted by Crippen LogP contribution is -1.93. The predicted molar refractivity (Wildman–Crippen MR) is 95.9 cm³/mol. The summed E-state index contributed by atoms with van der Waals surface area (Å²) < 4.78 is 4.61. The molecule has 0 saturated carbocycles. The third kappa shape index (κ3) is 13.7.